The minimum Gasteiger partial charge on any atom is -0.435 e. The summed E-state index contributed by atoms with van der Waals surface area (Å²) in [7, 11) is -4.04. The molecule has 2 heterocycles. The molecule has 0 fully saturated rings. The van der Waals surface area contributed by atoms with Crippen molar-refractivity contribution >= 4 is 19.2 Å². The molecule has 0 radical (unpaired) electrons. The molecule has 9 heteroatoms. The van der Waals surface area contributed by atoms with E-state index in [1.54, 1.807) is 6.92 Å². The van der Waals surface area contributed by atoms with Gasteiger partial charge in [-0.05, 0) is 18.9 Å². The Bertz CT molecular complexity index is 516. The molecule has 118 valence electrons. The first-order chi connectivity index (χ1) is 10.0. The molecule has 8 nitrogen and oxygen atoms in total. The normalized spacial score (nSPS) is 21.1. The van der Waals surface area contributed by atoms with Crippen LogP contribution < -0.4 is 5.32 Å². The summed E-state index contributed by atoms with van der Waals surface area (Å²) >= 11 is 0. The lowest BCUT2D eigenvalue weighted by atomic mass is 10.0. The molecule has 1 unspecified atom stereocenters. The van der Waals surface area contributed by atoms with Crippen LogP contribution in [-0.2, 0) is 18.6 Å². The number of hydrogen-bond acceptors (Lipinski definition) is 7. The van der Waals surface area contributed by atoms with Crippen molar-refractivity contribution < 1.29 is 28.3 Å². The predicted molar refractivity (Wildman–Crippen MR) is 75.1 cm³/mol. The summed E-state index contributed by atoms with van der Waals surface area (Å²) in [5, 5.41) is 3.23. The summed E-state index contributed by atoms with van der Waals surface area (Å²) in [5.74, 6) is 0. The Kier molecular flexibility index (Phi) is 5.52. The van der Waals surface area contributed by atoms with E-state index in [1.807, 2.05) is 0 Å². The maximum Gasteiger partial charge on any atom is 0.510 e. The van der Waals surface area contributed by atoms with Gasteiger partial charge in [0.1, 0.15) is 5.45 Å². The summed E-state index contributed by atoms with van der Waals surface area (Å²) in [6.07, 6.45) is 0.853. The van der Waals surface area contributed by atoms with E-state index < -0.39 is 20.5 Å². The van der Waals surface area contributed by atoms with Crippen LogP contribution in [0, 0.1) is 0 Å². The van der Waals surface area contributed by atoms with Crippen LogP contribution in [0.4, 0.5) is 4.79 Å². The first-order valence-corrected chi connectivity index (χ1v) is 8.37. The Morgan fingerprint density at radius 2 is 2.19 bits per heavy atom. The highest BCUT2D eigenvalue weighted by Crippen LogP contribution is 2.47. The van der Waals surface area contributed by atoms with Crippen molar-refractivity contribution in [2.45, 2.75) is 26.2 Å². The van der Waals surface area contributed by atoms with E-state index in [-0.39, 0.29) is 12.1 Å². The average molecular weight is 318 g/mol. The van der Waals surface area contributed by atoms with E-state index in [0.717, 1.165) is 25.2 Å². The third-order valence-electron chi connectivity index (χ3n) is 3.19. The third kappa shape index (κ3) is 4.38. The molecule has 0 aromatic rings. The van der Waals surface area contributed by atoms with Gasteiger partial charge in [-0.25, -0.2) is 9.79 Å². The van der Waals surface area contributed by atoms with Crippen molar-refractivity contribution in [3.63, 3.8) is 0 Å². The van der Waals surface area contributed by atoms with Crippen molar-refractivity contribution in [2.75, 3.05) is 26.5 Å². The van der Waals surface area contributed by atoms with Gasteiger partial charge in [0.2, 0.25) is 6.79 Å². The molecule has 0 saturated heterocycles. The SMILES string of the molecule is CCOC(=O)OCOP(=O)(O)C1=NC2=C(CC1)CNCC2. The van der Waals surface area contributed by atoms with Gasteiger partial charge in [-0.3, -0.25) is 9.09 Å². The smallest absolute Gasteiger partial charge is 0.435 e. The highest BCUT2D eigenvalue weighted by molar-refractivity contribution is 7.71. The number of carbonyl (C=O) groups excluding carboxylic acids is 1. The van der Waals surface area contributed by atoms with Crippen molar-refractivity contribution in [3.05, 3.63) is 11.3 Å². The summed E-state index contributed by atoms with van der Waals surface area (Å²) in [4.78, 5) is 25.1. The van der Waals surface area contributed by atoms with Crippen LogP contribution in [0.2, 0.25) is 0 Å². The molecule has 2 aliphatic rings. The molecule has 0 aromatic heterocycles. The van der Waals surface area contributed by atoms with Crippen molar-refractivity contribution in [3.8, 4) is 0 Å². The highest BCUT2D eigenvalue weighted by Gasteiger charge is 2.32. The van der Waals surface area contributed by atoms with Gasteiger partial charge in [-0.2, -0.15) is 0 Å². The topological polar surface area (TPSA) is 106 Å². The number of rotatable bonds is 5. The predicted octanol–water partition coefficient (Wildman–Crippen LogP) is 1.76. The van der Waals surface area contributed by atoms with E-state index in [2.05, 4.69) is 19.8 Å². The largest absolute Gasteiger partial charge is 0.510 e. The maximum absolute atomic E-state index is 12.1. The number of nitrogens with zero attached hydrogens (tertiary/aromatic N) is 1. The van der Waals surface area contributed by atoms with Gasteiger partial charge in [-0.15, -0.1) is 0 Å². The van der Waals surface area contributed by atoms with Crippen LogP contribution in [0.3, 0.4) is 0 Å². The molecule has 2 N–H and O–H groups in total. The van der Waals surface area contributed by atoms with Crippen molar-refractivity contribution in [2.24, 2.45) is 4.99 Å². The third-order valence-corrected chi connectivity index (χ3v) is 4.62. The molecular weight excluding hydrogens is 299 g/mol. The Hall–Kier alpha value is -1.21. The molecule has 2 rings (SSSR count). The zero-order valence-corrected chi connectivity index (χ0v) is 12.7. The van der Waals surface area contributed by atoms with E-state index in [4.69, 9.17) is 4.52 Å². The second-order valence-electron chi connectivity index (χ2n) is 4.60. The molecule has 1 atom stereocenters. The minimum atomic E-state index is -4.04. The van der Waals surface area contributed by atoms with E-state index in [0.29, 0.717) is 12.8 Å². The van der Waals surface area contributed by atoms with Crippen molar-refractivity contribution in [1.29, 1.82) is 0 Å². The second-order valence-corrected chi connectivity index (χ2v) is 6.42. The number of carbonyl (C=O) groups is 1. The van der Waals surface area contributed by atoms with Gasteiger partial charge in [0.25, 0.3) is 0 Å². The van der Waals surface area contributed by atoms with Crippen LogP contribution in [0.1, 0.15) is 26.2 Å². The lowest BCUT2D eigenvalue weighted by Gasteiger charge is -2.25. The Labute approximate surface area is 122 Å². The van der Waals surface area contributed by atoms with Crippen LogP contribution in [0.15, 0.2) is 16.3 Å². The zero-order chi connectivity index (χ0) is 15.3. The van der Waals surface area contributed by atoms with Crippen molar-refractivity contribution in [1.82, 2.24) is 5.32 Å². The van der Waals surface area contributed by atoms with Crippen LogP contribution in [0.5, 0.6) is 0 Å². The lowest BCUT2D eigenvalue weighted by molar-refractivity contribution is 0.00489. The number of ether oxygens (including phenoxy) is 2. The van der Waals surface area contributed by atoms with Gasteiger partial charge in [0, 0.05) is 31.6 Å². The zero-order valence-electron chi connectivity index (χ0n) is 11.8. The quantitative estimate of drug-likeness (QED) is 0.452. The number of nitrogens with one attached hydrogen (secondary N) is 1. The Morgan fingerprint density at radius 1 is 1.38 bits per heavy atom. The fourth-order valence-corrected chi connectivity index (χ4v) is 3.14. The number of hydrogen-bond donors (Lipinski definition) is 2. The van der Waals surface area contributed by atoms with Gasteiger partial charge in [0.15, 0.2) is 0 Å². The highest BCUT2D eigenvalue weighted by atomic mass is 31.2. The van der Waals surface area contributed by atoms with Crippen LogP contribution in [-0.4, -0.2) is 43.0 Å². The minimum absolute atomic E-state index is 0.121. The fraction of sp³-hybridized carbons (Fsp3) is 0.667. The second kappa shape index (κ2) is 7.17. The molecule has 0 aliphatic carbocycles. The first kappa shape index (κ1) is 16.2. The average Bonchev–Trinajstić information content (AvgIpc) is 2.47. The van der Waals surface area contributed by atoms with Gasteiger partial charge in [-0.1, -0.05) is 0 Å². The first-order valence-electron chi connectivity index (χ1n) is 6.79. The molecule has 2 aliphatic heterocycles. The van der Waals surface area contributed by atoms with Crippen LogP contribution >= 0.6 is 7.60 Å². The molecule has 0 saturated carbocycles. The lowest BCUT2D eigenvalue weighted by Crippen LogP contribution is -2.27. The number of aliphatic imine (C=N–C) groups is 1. The summed E-state index contributed by atoms with van der Waals surface area (Å²) in [5.41, 5.74) is 2.16. The summed E-state index contributed by atoms with van der Waals surface area (Å²) < 4.78 is 25.9. The monoisotopic (exact) mass is 318 g/mol. The van der Waals surface area contributed by atoms with E-state index >= 15 is 0 Å². The van der Waals surface area contributed by atoms with Gasteiger partial charge < -0.3 is 19.7 Å². The van der Waals surface area contributed by atoms with Crippen LogP contribution in [0.25, 0.3) is 0 Å². The molecule has 0 aromatic carbocycles. The Morgan fingerprint density at radius 3 is 2.95 bits per heavy atom. The van der Waals surface area contributed by atoms with Gasteiger partial charge >= 0.3 is 13.8 Å². The molecule has 0 amide bonds. The van der Waals surface area contributed by atoms with Gasteiger partial charge in [0.05, 0.1) is 6.61 Å². The maximum atomic E-state index is 12.1. The fourth-order valence-electron chi connectivity index (χ4n) is 2.15. The van der Waals surface area contributed by atoms with E-state index in [9.17, 15) is 14.3 Å². The standard InChI is InChI=1S/C12H19N2O6P/c1-2-18-12(15)19-8-20-21(16,17)11-4-3-9-7-13-6-5-10(9)14-11/h13H,2-8H2,1H3,(H,16,17). The molecule has 0 bridgehead atoms. The van der Waals surface area contributed by atoms with E-state index in [1.165, 1.54) is 5.57 Å². The molecule has 21 heavy (non-hydrogen) atoms. The molecule has 0 spiro atoms. The summed E-state index contributed by atoms with van der Waals surface area (Å²) in [6, 6.07) is 0. The molecular formula is C12H19N2O6P. The Balaban J connectivity index is 1.93. The summed E-state index contributed by atoms with van der Waals surface area (Å²) in [6.45, 7) is 2.72.